The first-order chi connectivity index (χ1) is 9.02. The molecule has 0 aliphatic rings. The van der Waals surface area contributed by atoms with Gasteiger partial charge in [-0.05, 0) is 35.5 Å². The molecule has 1 aromatic rings. The fraction of sp³-hybridized carbons (Fsp3) is 0.636. The molecule has 0 aliphatic heterocycles. The van der Waals surface area contributed by atoms with E-state index in [2.05, 4.69) is 22.1 Å². The molecule has 8 nitrogen and oxygen atoms in total. The molecule has 1 heterocycles. The van der Waals surface area contributed by atoms with Crippen molar-refractivity contribution in [1.82, 2.24) is 20.4 Å². The molecule has 0 aromatic carbocycles. The van der Waals surface area contributed by atoms with E-state index in [4.69, 9.17) is 14.3 Å². The topological polar surface area (TPSA) is 88.4 Å². The van der Waals surface area contributed by atoms with Gasteiger partial charge >= 0.3 is 6.16 Å². The number of hydrogen-bond donors (Lipinski definition) is 0. The van der Waals surface area contributed by atoms with Crippen molar-refractivity contribution >= 4 is 6.16 Å². The third-order valence-electron chi connectivity index (χ3n) is 2.12. The Kier molecular flexibility index (Phi) is 5.94. The second-order valence-corrected chi connectivity index (χ2v) is 4.10. The van der Waals surface area contributed by atoms with Gasteiger partial charge in [-0.15, -0.1) is 5.10 Å². The van der Waals surface area contributed by atoms with Crippen LogP contribution in [-0.4, -0.2) is 39.2 Å². The SMILES string of the molecule is C=C(C)COCc1nnnn1OC(=O)OC(C)CC. The summed E-state index contributed by atoms with van der Waals surface area (Å²) in [7, 11) is 0. The maximum absolute atomic E-state index is 11.4. The molecule has 0 saturated carbocycles. The summed E-state index contributed by atoms with van der Waals surface area (Å²) in [4.78, 5) is 17.1. The number of carbonyl (C=O) groups is 1. The monoisotopic (exact) mass is 270 g/mol. The fourth-order valence-electron chi connectivity index (χ4n) is 1.01. The van der Waals surface area contributed by atoms with Crippen LogP contribution < -0.4 is 4.84 Å². The summed E-state index contributed by atoms with van der Waals surface area (Å²) in [5.74, 6) is 0.266. The van der Waals surface area contributed by atoms with Crippen molar-refractivity contribution in [3.05, 3.63) is 18.0 Å². The van der Waals surface area contributed by atoms with Gasteiger partial charge < -0.3 is 9.47 Å². The highest BCUT2D eigenvalue weighted by molar-refractivity contribution is 5.60. The van der Waals surface area contributed by atoms with Crippen molar-refractivity contribution in [1.29, 1.82) is 0 Å². The minimum atomic E-state index is -0.859. The first-order valence-corrected chi connectivity index (χ1v) is 5.91. The number of tetrazole rings is 1. The van der Waals surface area contributed by atoms with Crippen LogP contribution in [-0.2, 0) is 16.1 Å². The molecule has 0 fully saturated rings. The van der Waals surface area contributed by atoms with E-state index in [0.29, 0.717) is 13.0 Å². The molecule has 0 spiro atoms. The Morgan fingerprint density at radius 1 is 1.53 bits per heavy atom. The normalized spacial score (nSPS) is 11.9. The van der Waals surface area contributed by atoms with Crippen LogP contribution in [0.4, 0.5) is 4.79 Å². The maximum atomic E-state index is 11.4. The quantitative estimate of drug-likeness (QED) is 0.417. The average molecular weight is 270 g/mol. The first kappa shape index (κ1) is 15.1. The van der Waals surface area contributed by atoms with Gasteiger partial charge in [-0.2, -0.15) is 0 Å². The van der Waals surface area contributed by atoms with E-state index in [-0.39, 0.29) is 18.5 Å². The van der Waals surface area contributed by atoms with E-state index in [1.165, 1.54) is 0 Å². The lowest BCUT2D eigenvalue weighted by Crippen LogP contribution is -2.27. The Balaban J connectivity index is 2.48. The largest absolute Gasteiger partial charge is 0.535 e. The van der Waals surface area contributed by atoms with Crippen molar-refractivity contribution in [2.75, 3.05) is 6.61 Å². The van der Waals surface area contributed by atoms with Crippen LogP contribution in [0.3, 0.4) is 0 Å². The van der Waals surface area contributed by atoms with E-state index in [1.54, 1.807) is 6.92 Å². The summed E-state index contributed by atoms with van der Waals surface area (Å²) in [6.45, 7) is 9.68. The standard InChI is InChI=1S/C11H18N4O4/c1-5-9(4)18-11(16)19-15-10(12-13-14-15)7-17-6-8(2)3/h9H,2,5-7H2,1,3-4H3. The zero-order valence-electron chi connectivity index (χ0n) is 11.3. The Hall–Kier alpha value is -1.96. The highest BCUT2D eigenvalue weighted by Crippen LogP contribution is 1.99. The van der Waals surface area contributed by atoms with Crippen molar-refractivity contribution in [3.8, 4) is 0 Å². The molecule has 0 N–H and O–H groups in total. The highest BCUT2D eigenvalue weighted by atomic mass is 16.8. The summed E-state index contributed by atoms with van der Waals surface area (Å²) in [5, 5.41) is 10.6. The lowest BCUT2D eigenvalue weighted by atomic mass is 10.3. The van der Waals surface area contributed by atoms with E-state index in [9.17, 15) is 4.79 Å². The van der Waals surface area contributed by atoms with Crippen molar-refractivity contribution in [2.24, 2.45) is 0 Å². The van der Waals surface area contributed by atoms with Crippen LogP contribution in [0.15, 0.2) is 12.2 Å². The summed E-state index contributed by atoms with van der Waals surface area (Å²) in [6.07, 6.45) is -0.394. The molecule has 1 atom stereocenters. The molecule has 0 aliphatic carbocycles. The maximum Gasteiger partial charge on any atom is 0.535 e. The van der Waals surface area contributed by atoms with Crippen LogP contribution >= 0.6 is 0 Å². The number of ether oxygens (including phenoxy) is 2. The van der Waals surface area contributed by atoms with Crippen molar-refractivity contribution in [2.45, 2.75) is 39.9 Å². The van der Waals surface area contributed by atoms with Gasteiger partial charge in [0.05, 0.1) is 6.61 Å². The smallest absolute Gasteiger partial charge is 0.430 e. The highest BCUT2D eigenvalue weighted by Gasteiger charge is 2.15. The van der Waals surface area contributed by atoms with Crippen LogP contribution in [0.25, 0.3) is 0 Å². The van der Waals surface area contributed by atoms with Crippen LogP contribution in [0.5, 0.6) is 0 Å². The Morgan fingerprint density at radius 2 is 2.26 bits per heavy atom. The van der Waals surface area contributed by atoms with Gasteiger partial charge in [0.2, 0.25) is 5.82 Å². The number of rotatable bonds is 7. The van der Waals surface area contributed by atoms with Gasteiger partial charge in [-0.1, -0.05) is 19.1 Å². The molecule has 1 rings (SSSR count). The number of aromatic nitrogens is 4. The second kappa shape index (κ2) is 7.47. The lowest BCUT2D eigenvalue weighted by Gasteiger charge is -2.10. The van der Waals surface area contributed by atoms with E-state index in [0.717, 1.165) is 10.4 Å². The summed E-state index contributed by atoms with van der Waals surface area (Å²) >= 11 is 0. The molecule has 1 aromatic heterocycles. The van der Waals surface area contributed by atoms with Crippen molar-refractivity contribution in [3.63, 3.8) is 0 Å². The Bertz CT molecular complexity index is 432. The van der Waals surface area contributed by atoms with Gasteiger partial charge in [0, 0.05) is 0 Å². The predicted molar refractivity (Wildman–Crippen MR) is 65.1 cm³/mol. The summed E-state index contributed by atoms with van der Waals surface area (Å²) in [6, 6.07) is 0. The van der Waals surface area contributed by atoms with Gasteiger partial charge in [-0.3, -0.25) is 4.84 Å². The molecule has 0 amide bonds. The molecule has 106 valence electrons. The summed E-state index contributed by atoms with van der Waals surface area (Å²) < 4.78 is 10.2. The molecule has 0 saturated heterocycles. The Labute approximate surface area is 111 Å². The van der Waals surface area contributed by atoms with E-state index < -0.39 is 6.16 Å². The van der Waals surface area contributed by atoms with Gasteiger partial charge in [-0.25, -0.2) is 4.79 Å². The minimum absolute atomic E-state index is 0.108. The first-order valence-electron chi connectivity index (χ1n) is 5.91. The van der Waals surface area contributed by atoms with E-state index >= 15 is 0 Å². The second-order valence-electron chi connectivity index (χ2n) is 4.10. The summed E-state index contributed by atoms with van der Waals surface area (Å²) in [5.41, 5.74) is 0.871. The zero-order chi connectivity index (χ0) is 14.3. The third kappa shape index (κ3) is 5.47. The zero-order valence-corrected chi connectivity index (χ0v) is 11.3. The molecule has 0 bridgehead atoms. The molecular formula is C11H18N4O4. The number of hydrogen-bond acceptors (Lipinski definition) is 7. The van der Waals surface area contributed by atoms with Gasteiger partial charge in [0.25, 0.3) is 0 Å². The average Bonchev–Trinajstić information content (AvgIpc) is 2.76. The third-order valence-corrected chi connectivity index (χ3v) is 2.12. The molecular weight excluding hydrogens is 252 g/mol. The van der Waals surface area contributed by atoms with Crippen molar-refractivity contribution < 1.29 is 19.1 Å². The van der Waals surface area contributed by atoms with Crippen LogP contribution in [0.2, 0.25) is 0 Å². The van der Waals surface area contributed by atoms with Gasteiger partial charge in [0.15, 0.2) is 0 Å². The molecule has 0 radical (unpaired) electrons. The molecule has 8 heteroatoms. The Morgan fingerprint density at radius 3 is 2.89 bits per heavy atom. The lowest BCUT2D eigenvalue weighted by molar-refractivity contribution is 0.00559. The van der Waals surface area contributed by atoms with Crippen LogP contribution in [0.1, 0.15) is 33.0 Å². The van der Waals surface area contributed by atoms with Crippen LogP contribution in [0, 0.1) is 0 Å². The van der Waals surface area contributed by atoms with Gasteiger partial charge in [0.1, 0.15) is 12.7 Å². The predicted octanol–water partition coefficient (Wildman–Crippen LogP) is 1.13. The number of carbonyl (C=O) groups excluding carboxylic acids is 1. The molecule has 19 heavy (non-hydrogen) atoms. The number of nitrogens with zero attached hydrogens (tertiary/aromatic N) is 4. The molecule has 1 unspecified atom stereocenters. The fourth-order valence-corrected chi connectivity index (χ4v) is 1.01. The van der Waals surface area contributed by atoms with E-state index in [1.807, 2.05) is 13.8 Å². The minimum Gasteiger partial charge on any atom is -0.430 e.